The van der Waals surface area contributed by atoms with Crippen LogP contribution in [0.4, 0.5) is 21.5 Å². The van der Waals surface area contributed by atoms with Gasteiger partial charge < -0.3 is 5.32 Å². The number of benzene rings is 3. The maximum absolute atomic E-state index is 14.3. The fraction of sp³-hybridized carbons (Fsp3) is 0.174. The lowest BCUT2D eigenvalue weighted by Gasteiger charge is -2.27. The van der Waals surface area contributed by atoms with Gasteiger partial charge in [0.15, 0.2) is 0 Å². The van der Waals surface area contributed by atoms with E-state index in [1.165, 1.54) is 62.6 Å². The number of aryl methyl sites for hydroxylation is 1. The first-order valence-electron chi connectivity index (χ1n) is 10.4. The van der Waals surface area contributed by atoms with Crippen molar-refractivity contribution in [3.63, 3.8) is 0 Å². The molecule has 0 atom stereocenters. The molecule has 1 amide bonds. The summed E-state index contributed by atoms with van der Waals surface area (Å²) in [6, 6.07) is 15.3. The van der Waals surface area contributed by atoms with Gasteiger partial charge in [0.1, 0.15) is 12.4 Å². The second-order valence-electron chi connectivity index (χ2n) is 7.89. The first-order valence-corrected chi connectivity index (χ1v) is 13.7. The summed E-state index contributed by atoms with van der Waals surface area (Å²) in [6.45, 7) is 1.02. The molecule has 2 N–H and O–H groups in total. The number of hydrogen-bond acceptors (Lipinski definition) is 5. The third kappa shape index (κ3) is 6.32. The number of nitrogens with zero attached hydrogens (tertiary/aromatic N) is 2. The minimum absolute atomic E-state index is 0.0666. The normalized spacial score (nSPS) is 11.8. The summed E-state index contributed by atoms with van der Waals surface area (Å²) in [5.41, 5.74) is 0.938. The highest BCUT2D eigenvalue weighted by atomic mass is 35.5. The number of sulfonamides is 1. The number of para-hydroxylation sites is 1. The molecule has 192 valence electrons. The zero-order valence-corrected chi connectivity index (χ0v) is 22.0. The Hall–Kier alpha value is -3.19. The minimum Gasteiger partial charge on any atom is -0.325 e. The number of carbonyl (C=O) groups excluding carboxylic acids is 1. The number of rotatable bonds is 9. The van der Waals surface area contributed by atoms with Gasteiger partial charge >= 0.3 is 10.2 Å². The molecule has 9 nitrogen and oxygen atoms in total. The average molecular weight is 555 g/mol. The van der Waals surface area contributed by atoms with Gasteiger partial charge in [-0.3, -0.25) is 9.52 Å². The third-order valence-electron chi connectivity index (χ3n) is 5.04. The molecule has 0 heterocycles. The number of hydrogen-bond donors (Lipinski definition) is 2. The summed E-state index contributed by atoms with van der Waals surface area (Å²) >= 11 is 5.95. The first-order chi connectivity index (χ1) is 16.8. The Morgan fingerprint density at radius 3 is 2.22 bits per heavy atom. The minimum atomic E-state index is -4.20. The van der Waals surface area contributed by atoms with Crippen molar-refractivity contribution < 1.29 is 26.0 Å². The maximum Gasteiger partial charge on any atom is 0.304 e. The second kappa shape index (κ2) is 10.8. The van der Waals surface area contributed by atoms with Crippen molar-refractivity contribution in [1.29, 1.82) is 0 Å². The Bertz CT molecular complexity index is 1480. The molecule has 3 aromatic carbocycles. The van der Waals surface area contributed by atoms with E-state index in [2.05, 4.69) is 10.0 Å². The molecule has 0 spiro atoms. The van der Waals surface area contributed by atoms with Gasteiger partial charge in [0.05, 0.1) is 16.3 Å². The zero-order valence-electron chi connectivity index (χ0n) is 19.6. The topological polar surface area (TPSA) is 116 Å². The van der Waals surface area contributed by atoms with E-state index in [0.29, 0.717) is 20.6 Å². The van der Waals surface area contributed by atoms with E-state index in [-0.39, 0.29) is 16.3 Å². The Kier molecular flexibility index (Phi) is 8.24. The van der Waals surface area contributed by atoms with Crippen LogP contribution in [0.15, 0.2) is 71.6 Å². The van der Waals surface area contributed by atoms with E-state index >= 15 is 0 Å². The molecule has 0 aromatic heterocycles. The summed E-state index contributed by atoms with van der Waals surface area (Å²) in [7, 11) is -5.61. The molecule has 0 fully saturated rings. The van der Waals surface area contributed by atoms with Crippen LogP contribution in [0.5, 0.6) is 0 Å². The van der Waals surface area contributed by atoms with E-state index in [4.69, 9.17) is 11.6 Å². The largest absolute Gasteiger partial charge is 0.325 e. The number of nitrogens with one attached hydrogen (secondary N) is 2. The van der Waals surface area contributed by atoms with Crippen LogP contribution in [0.2, 0.25) is 5.02 Å². The standard InChI is InChI=1S/C23H24ClFN4O5S2/c1-16-8-9-17(24)14-21(16)27-35(31,32)19-12-10-18(11-13-19)26-23(30)15-29(36(33,34)28(2)3)22-7-5-4-6-20(22)25/h4-14,27H,15H2,1-3H3,(H,26,30). The third-order valence-corrected chi connectivity index (χ3v) is 8.46. The highest BCUT2D eigenvalue weighted by molar-refractivity contribution is 7.92. The van der Waals surface area contributed by atoms with Crippen LogP contribution in [-0.4, -0.2) is 47.7 Å². The quantitative estimate of drug-likeness (QED) is 0.417. The summed E-state index contributed by atoms with van der Waals surface area (Å²) < 4.78 is 69.3. The molecule has 0 aliphatic rings. The fourth-order valence-corrected chi connectivity index (χ4v) is 5.46. The van der Waals surface area contributed by atoms with Crippen LogP contribution in [-0.2, 0) is 25.0 Å². The van der Waals surface area contributed by atoms with Gasteiger partial charge in [-0.1, -0.05) is 29.8 Å². The second-order valence-corrected chi connectivity index (χ2v) is 12.1. The molecule has 13 heteroatoms. The van der Waals surface area contributed by atoms with E-state index in [9.17, 15) is 26.0 Å². The van der Waals surface area contributed by atoms with Crippen molar-refractivity contribution in [3.05, 3.63) is 83.1 Å². The van der Waals surface area contributed by atoms with E-state index in [1.807, 2.05) is 0 Å². The van der Waals surface area contributed by atoms with Gasteiger partial charge in [0.2, 0.25) is 5.91 Å². The lowest BCUT2D eigenvalue weighted by molar-refractivity contribution is -0.114. The van der Waals surface area contributed by atoms with E-state index in [0.717, 1.165) is 10.4 Å². The Morgan fingerprint density at radius 2 is 1.61 bits per heavy atom. The van der Waals surface area contributed by atoms with Crippen molar-refractivity contribution >= 4 is 54.8 Å². The Morgan fingerprint density at radius 1 is 0.972 bits per heavy atom. The van der Waals surface area contributed by atoms with Crippen LogP contribution < -0.4 is 14.3 Å². The molecule has 36 heavy (non-hydrogen) atoms. The Labute approximate surface area is 214 Å². The first kappa shape index (κ1) is 27.4. The number of carbonyl (C=O) groups is 1. The van der Waals surface area contributed by atoms with E-state index < -0.39 is 38.5 Å². The lowest BCUT2D eigenvalue weighted by Crippen LogP contribution is -2.44. The van der Waals surface area contributed by atoms with Gasteiger partial charge in [0.25, 0.3) is 10.0 Å². The lowest BCUT2D eigenvalue weighted by atomic mass is 10.2. The van der Waals surface area contributed by atoms with Crippen molar-refractivity contribution in [1.82, 2.24) is 4.31 Å². The molecule has 3 rings (SSSR count). The highest BCUT2D eigenvalue weighted by Gasteiger charge is 2.29. The molecule has 0 aliphatic carbocycles. The van der Waals surface area contributed by atoms with Crippen molar-refractivity contribution in [2.24, 2.45) is 0 Å². The van der Waals surface area contributed by atoms with Gasteiger partial charge in [-0.05, 0) is 61.0 Å². The van der Waals surface area contributed by atoms with Gasteiger partial charge in [-0.15, -0.1) is 0 Å². The van der Waals surface area contributed by atoms with Crippen LogP contribution in [0.25, 0.3) is 0 Å². The molecule has 0 radical (unpaired) electrons. The molecule has 0 aliphatic heterocycles. The van der Waals surface area contributed by atoms with Crippen molar-refractivity contribution in [2.45, 2.75) is 11.8 Å². The number of anilines is 3. The summed E-state index contributed by atoms with van der Waals surface area (Å²) in [5.74, 6) is -1.57. The van der Waals surface area contributed by atoms with Crippen molar-refractivity contribution in [2.75, 3.05) is 35.0 Å². The zero-order chi connectivity index (χ0) is 26.7. The van der Waals surface area contributed by atoms with Gasteiger partial charge in [-0.2, -0.15) is 12.7 Å². The summed E-state index contributed by atoms with van der Waals surface area (Å²) in [4.78, 5) is 12.6. The number of halogens is 2. The molecule has 0 bridgehead atoms. The predicted octanol–water partition coefficient (Wildman–Crippen LogP) is 3.84. The van der Waals surface area contributed by atoms with Crippen LogP contribution in [0.1, 0.15) is 5.56 Å². The smallest absolute Gasteiger partial charge is 0.304 e. The van der Waals surface area contributed by atoms with E-state index in [1.54, 1.807) is 19.1 Å². The molecule has 0 unspecified atom stereocenters. The van der Waals surface area contributed by atoms with Crippen LogP contribution in [0, 0.1) is 12.7 Å². The Balaban J connectivity index is 1.77. The van der Waals surface area contributed by atoms with Gasteiger partial charge in [0, 0.05) is 24.8 Å². The van der Waals surface area contributed by atoms with Crippen LogP contribution >= 0.6 is 11.6 Å². The van der Waals surface area contributed by atoms with Crippen molar-refractivity contribution in [3.8, 4) is 0 Å². The van der Waals surface area contributed by atoms with Crippen LogP contribution in [0.3, 0.4) is 0 Å². The molecule has 0 saturated carbocycles. The molecular formula is C23H24ClFN4O5S2. The predicted molar refractivity (Wildman–Crippen MR) is 138 cm³/mol. The summed E-state index contributed by atoms with van der Waals surface area (Å²) in [6.07, 6.45) is 0. The highest BCUT2D eigenvalue weighted by Crippen LogP contribution is 2.25. The van der Waals surface area contributed by atoms with Gasteiger partial charge in [-0.25, -0.2) is 17.1 Å². The fourth-order valence-electron chi connectivity index (χ4n) is 3.10. The molecular weight excluding hydrogens is 531 g/mol. The maximum atomic E-state index is 14.3. The SMILES string of the molecule is Cc1ccc(Cl)cc1NS(=O)(=O)c1ccc(NC(=O)CN(c2ccccc2F)S(=O)(=O)N(C)C)cc1. The number of amides is 1. The average Bonchev–Trinajstić information content (AvgIpc) is 2.80. The monoisotopic (exact) mass is 554 g/mol. The summed E-state index contributed by atoms with van der Waals surface area (Å²) in [5, 5.41) is 2.87. The molecule has 0 saturated heterocycles. The molecule has 3 aromatic rings.